The maximum Gasteiger partial charge on any atom is 0.214 e. The Balaban J connectivity index is 0.00000288. The first-order valence-electron chi connectivity index (χ1n) is 7.51. The van der Waals surface area contributed by atoms with Crippen LogP contribution in [0.2, 0.25) is 0 Å². The van der Waals surface area contributed by atoms with E-state index >= 15 is 0 Å². The average Bonchev–Trinajstić information content (AvgIpc) is 2.87. The summed E-state index contributed by atoms with van der Waals surface area (Å²) >= 11 is 1.75. The van der Waals surface area contributed by atoms with Crippen LogP contribution >= 0.6 is 35.7 Å². The fourth-order valence-electron chi connectivity index (χ4n) is 2.23. The Morgan fingerprint density at radius 2 is 1.96 bits per heavy atom. The molecule has 1 aromatic heterocycles. The van der Waals surface area contributed by atoms with Gasteiger partial charge in [-0.1, -0.05) is 12.1 Å². The molecule has 0 radical (unpaired) electrons. The van der Waals surface area contributed by atoms with Gasteiger partial charge in [0.15, 0.2) is 5.96 Å². The van der Waals surface area contributed by atoms with Gasteiger partial charge in [0, 0.05) is 25.5 Å². The van der Waals surface area contributed by atoms with Gasteiger partial charge in [0.1, 0.15) is 5.76 Å². The molecule has 0 aliphatic rings. The number of oxazole rings is 1. The summed E-state index contributed by atoms with van der Waals surface area (Å²) in [6.45, 7) is 5.18. The molecule has 0 fully saturated rings. The Kier molecular flexibility index (Phi) is 8.61. The molecule has 0 aliphatic carbocycles. The highest BCUT2D eigenvalue weighted by Gasteiger charge is 2.10. The average molecular weight is 460 g/mol. The Morgan fingerprint density at radius 1 is 1.29 bits per heavy atom. The molecule has 2 aromatic rings. The normalized spacial score (nSPS) is 11.1. The second-order valence-electron chi connectivity index (χ2n) is 5.35. The molecular formula is C17H25IN4OS. The Morgan fingerprint density at radius 3 is 2.46 bits per heavy atom. The van der Waals surface area contributed by atoms with E-state index in [1.165, 1.54) is 10.5 Å². The molecule has 0 saturated heterocycles. The molecule has 0 bridgehead atoms. The van der Waals surface area contributed by atoms with Crippen LogP contribution in [-0.4, -0.2) is 36.2 Å². The lowest BCUT2D eigenvalue weighted by molar-refractivity contribution is 0.443. The molecule has 0 spiro atoms. The standard InChI is InChI=1S/C17H24N4OS.HI/c1-12-13(2)22-16(20-12)10-19-17(18-3)21(4)11-14-6-8-15(23-5)9-7-14;/h6-9H,10-11H2,1-5H3,(H,18,19);1H. The van der Waals surface area contributed by atoms with E-state index in [0.29, 0.717) is 12.4 Å². The van der Waals surface area contributed by atoms with Crippen LogP contribution in [0.1, 0.15) is 22.9 Å². The molecule has 0 atom stereocenters. The zero-order valence-corrected chi connectivity index (χ0v) is 17.9. The summed E-state index contributed by atoms with van der Waals surface area (Å²) in [5.74, 6) is 2.35. The molecule has 1 aromatic carbocycles. The number of hydrogen-bond donors (Lipinski definition) is 1. The smallest absolute Gasteiger partial charge is 0.214 e. The number of aromatic nitrogens is 1. The number of guanidine groups is 1. The summed E-state index contributed by atoms with van der Waals surface area (Å²) in [6, 6.07) is 8.58. The summed E-state index contributed by atoms with van der Waals surface area (Å²) in [5, 5.41) is 3.28. The number of aryl methyl sites for hydroxylation is 2. The molecule has 7 heteroatoms. The summed E-state index contributed by atoms with van der Waals surface area (Å²) in [5.41, 5.74) is 2.18. The number of nitrogens with zero attached hydrogens (tertiary/aromatic N) is 3. The number of thioether (sulfide) groups is 1. The van der Waals surface area contributed by atoms with Crippen molar-refractivity contribution in [2.45, 2.75) is 31.8 Å². The molecule has 1 N–H and O–H groups in total. The zero-order chi connectivity index (χ0) is 16.8. The van der Waals surface area contributed by atoms with E-state index in [9.17, 15) is 0 Å². The van der Waals surface area contributed by atoms with Crippen LogP contribution in [0.3, 0.4) is 0 Å². The Labute approximate surface area is 165 Å². The molecule has 5 nitrogen and oxygen atoms in total. The van der Waals surface area contributed by atoms with Gasteiger partial charge in [0.05, 0.1) is 12.2 Å². The maximum absolute atomic E-state index is 5.58. The van der Waals surface area contributed by atoms with Crippen molar-refractivity contribution in [3.63, 3.8) is 0 Å². The third-order valence-electron chi connectivity index (χ3n) is 3.62. The predicted molar refractivity (Wildman–Crippen MR) is 111 cm³/mol. The van der Waals surface area contributed by atoms with Crippen LogP contribution in [0.15, 0.2) is 38.6 Å². The van der Waals surface area contributed by atoms with E-state index in [2.05, 4.69) is 50.7 Å². The third-order valence-corrected chi connectivity index (χ3v) is 4.37. The topological polar surface area (TPSA) is 53.7 Å². The van der Waals surface area contributed by atoms with Gasteiger partial charge in [-0.05, 0) is 37.8 Å². The fraction of sp³-hybridized carbons (Fsp3) is 0.412. The van der Waals surface area contributed by atoms with Crippen LogP contribution in [-0.2, 0) is 13.1 Å². The molecule has 0 unspecified atom stereocenters. The highest BCUT2D eigenvalue weighted by molar-refractivity contribution is 14.0. The molecular weight excluding hydrogens is 435 g/mol. The van der Waals surface area contributed by atoms with Gasteiger partial charge in [-0.2, -0.15) is 0 Å². The van der Waals surface area contributed by atoms with E-state index in [0.717, 1.165) is 24.0 Å². The molecule has 24 heavy (non-hydrogen) atoms. The number of aliphatic imine (C=N–C) groups is 1. The second-order valence-corrected chi connectivity index (χ2v) is 6.23. The van der Waals surface area contributed by atoms with Crippen molar-refractivity contribution < 1.29 is 4.42 Å². The Bertz CT molecular complexity index is 650. The third kappa shape index (κ3) is 5.70. The molecule has 0 aliphatic heterocycles. The minimum absolute atomic E-state index is 0. The summed E-state index contributed by atoms with van der Waals surface area (Å²) in [6.07, 6.45) is 2.08. The predicted octanol–water partition coefficient (Wildman–Crippen LogP) is 3.84. The van der Waals surface area contributed by atoms with Gasteiger partial charge in [0.25, 0.3) is 0 Å². The monoisotopic (exact) mass is 460 g/mol. The minimum Gasteiger partial charge on any atom is -0.444 e. The SMILES string of the molecule is CN=C(NCc1nc(C)c(C)o1)N(C)Cc1ccc(SC)cc1.I. The molecule has 1 heterocycles. The van der Waals surface area contributed by atoms with Crippen LogP contribution in [0.5, 0.6) is 0 Å². The molecule has 0 saturated carbocycles. The quantitative estimate of drug-likeness (QED) is 0.318. The van der Waals surface area contributed by atoms with Crippen molar-refractivity contribution in [2.75, 3.05) is 20.4 Å². The van der Waals surface area contributed by atoms with Gasteiger partial charge < -0.3 is 14.6 Å². The summed E-state index contributed by atoms with van der Waals surface area (Å²) in [4.78, 5) is 12.0. The number of benzene rings is 1. The van der Waals surface area contributed by atoms with E-state index in [4.69, 9.17) is 4.42 Å². The van der Waals surface area contributed by atoms with Crippen molar-refractivity contribution >= 4 is 41.7 Å². The van der Waals surface area contributed by atoms with Crippen LogP contribution < -0.4 is 5.32 Å². The lowest BCUT2D eigenvalue weighted by atomic mass is 10.2. The summed E-state index contributed by atoms with van der Waals surface area (Å²) in [7, 11) is 3.80. The first kappa shape index (κ1) is 20.8. The van der Waals surface area contributed by atoms with E-state index in [1.54, 1.807) is 18.8 Å². The number of rotatable bonds is 5. The van der Waals surface area contributed by atoms with Gasteiger partial charge in [-0.3, -0.25) is 4.99 Å². The van der Waals surface area contributed by atoms with Crippen molar-refractivity contribution in [3.8, 4) is 0 Å². The first-order valence-corrected chi connectivity index (χ1v) is 8.73. The van der Waals surface area contributed by atoms with E-state index < -0.39 is 0 Å². The van der Waals surface area contributed by atoms with Gasteiger partial charge in [-0.25, -0.2) is 4.98 Å². The molecule has 2 rings (SSSR count). The fourth-order valence-corrected chi connectivity index (χ4v) is 2.64. The van der Waals surface area contributed by atoms with Gasteiger partial charge in [0.2, 0.25) is 5.89 Å². The van der Waals surface area contributed by atoms with Gasteiger partial charge >= 0.3 is 0 Å². The molecule has 132 valence electrons. The largest absolute Gasteiger partial charge is 0.444 e. The van der Waals surface area contributed by atoms with Gasteiger partial charge in [-0.15, -0.1) is 35.7 Å². The number of hydrogen-bond acceptors (Lipinski definition) is 4. The van der Waals surface area contributed by atoms with Crippen molar-refractivity contribution in [3.05, 3.63) is 47.2 Å². The number of halogens is 1. The van der Waals surface area contributed by atoms with Crippen LogP contribution in [0, 0.1) is 13.8 Å². The van der Waals surface area contributed by atoms with Crippen molar-refractivity contribution in [1.29, 1.82) is 0 Å². The van der Waals surface area contributed by atoms with Crippen molar-refractivity contribution in [1.82, 2.24) is 15.2 Å². The van der Waals surface area contributed by atoms with Crippen LogP contribution in [0.4, 0.5) is 0 Å². The lowest BCUT2D eigenvalue weighted by Gasteiger charge is -2.21. The second kappa shape index (κ2) is 9.93. The number of nitrogens with one attached hydrogen (secondary N) is 1. The highest BCUT2D eigenvalue weighted by Crippen LogP contribution is 2.15. The highest BCUT2D eigenvalue weighted by atomic mass is 127. The molecule has 0 amide bonds. The minimum atomic E-state index is 0. The lowest BCUT2D eigenvalue weighted by Crippen LogP contribution is -2.38. The summed E-state index contributed by atoms with van der Waals surface area (Å²) < 4.78 is 5.58. The first-order chi connectivity index (χ1) is 11.0. The Hall–Kier alpha value is -1.22. The van der Waals surface area contributed by atoms with Crippen molar-refractivity contribution in [2.24, 2.45) is 4.99 Å². The zero-order valence-electron chi connectivity index (χ0n) is 14.8. The van der Waals surface area contributed by atoms with Crippen LogP contribution in [0.25, 0.3) is 0 Å². The maximum atomic E-state index is 5.58. The van der Waals surface area contributed by atoms with E-state index in [-0.39, 0.29) is 24.0 Å². The van der Waals surface area contributed by atoms with E-state index in [1.807, 2.05) is 20.9 Å².